The molecule has 3 aromatic rings. The first-order valence-corrected chi connectivity index (χ1v) is 10.5. The number of hydrogen-bond donors (Lipinski definition) is 2. The average Bonchev–Trinajstić information content (AvgIpc) is 3.15. The highest BCUT2D eigenvalue weighted by Crippen LogP contribution is 2.34. The maximum atomic E-state index is 13.6. The van der Waals surface area contributed by atoms with Crippen molar-refractivity contribution in [2.75, 3.05) is 16.4 Å². The van der Waals surface area contributed by atoms with Gasteiger partial charge < -0.3 is 5.32 Å². The van der Waals surface area contributed by atoms with Gasteiger partial charge in [-0.15, -0.1) is 10.2 Å². The summed E-state index contributed by atoms with van der Waals surface area (Å²) in [5.41, 5.74) is -1.28. The molecule has 2 aromatic carbocycles. The average molecular weight is 491 g/mol. The van der Waals surface area contributed by atoms with Crippen LogP contribution in [0.5, 0.6) is 0 Å². The smallest absolute Gasteiger partial charge is 0.324 e. The highest BCUT2D eigenvalue weighted by atomic mass is 35.5. The Labute approximate surface area is 186 Å². The summed E-state index contributed by atoms with van der Waals surface area (Å²) in [7, 11) is 0. The van der Waals surface area contributed by atoms with Crippen molar-refractivity contribution < 1.29 is 27.2 Å². The van der Waals surface area contributed by atoms with Crippen molar-refractivity contribution in [3.8, 4) is 0 Å². The van der Waals surface area contributed by atoms with E-state index in [-0.39, 0.29) is 27.2 Å². The lowest BCUT2D eigenvalue weighted by molar-refractivity contribution is -0.137. The molecular weight excluding hydrogens is 480 g/mol. The van der Waals surface area contributed by atoms with Crippen LogP contribution in [0.1, 0.15) is 15.9 Å². The Morgan fingerprint density at radius 3 is 2.55 bits per heavy atom. The second kappa shape index (κ2) is 9.62. The molecule has 31 heavy (non-hydrogen) atoms. The van der Waals surface area contributed by atoms with Crippen LogP contribution in [-0.4, -0.2) is 27.8 Å². The molecule has 0 spiro atoms. The van der Waals surface area contributed by atoms with Gasteiger partial charge in [0.05, 0.1) is 27.6 Å². The first kappa shape index (κ1) is 23.0. The number of alkyl halides is 3. The zero-order valence-corrected chi connectivity index (χ0v) is 17.6. The largest absolute Gasteiger partial charge is 0.416 e. The van der Waals surface area contributed by atoms with E-state index in [4.69, 9.17) is 11.6 Å². The number of hydrogen-bond acceptors (Lipinski definition) is 6. The van der Waals surface area contributed by atoms with Crippen molar-refractivity contribution in [3.63, 3.8) is 0 Å². The Morgan fingerprint density at radius 1 is 1.10 bits per heavy atom. The van der Waals surface area contributed by atoms with Crippen LogP contribution in [0.25, 0.3) is 0 Å². The fraction of sp³-hybridized carbons (Fsp3) is 0.111. The Morgan fingerprint density at radius 2 is 1.84 bits per heavy atom. The quantitative estimate of drug-likeness (QED) is 0.277. The zero-order chi connectivity index (χ0) is 22.6. The molecule has 2 amide bonds. The monoisotopic (exact) mass is 490 g/mol. The van der Waals surface area contributed by atoms with Crippen molar-refractivity contribution in [3.05, 3.63) is 64.4 Å². The first-order valence-electron chi connectivity index (χ1n) is 8.32. The molecular formula is C18H11ClF4N4O2S2. The van der Waals surface area contributed by atoms with Gasteiger partial charge in [-0.3, -0.25) is 14.9 Å². The van der Waals surface area contributed by atoms with E-state index in [0.29, 0.717) is 4.34 Å². The summed E-state index contributed by atoms with van der Waals surface area (Å²) in [6.07, 6.45) is -4.57. The van der Waals surface area contributed by atoms with E-state index in [1.54, 1.807) is 0 Å². The molecule has 13 heteroatoms. The molecule has 0 saturated carbocycles. The number of nitrogens with zero attached hydrogens (tertiary/aromatic N) is 2. The van der Waals surface area contributed by atoms with Crippen molar-refractivity contribution >= 4 is 57.3 Å². The molecule has 3 rings (SSSR count). The minimum Gasteiger partial charge on any atom is -0.324 e. The highest BCUT2D eigenvalue weighted by Gasteiger charge is 2.31. The van der Waals surface area contributed by atoms with Gasteiger partial charge in [0.2, 0.25) is 11.0 Å². The van der Waals surface area contributed by atoms with E-state index >= 15 is 0 Å². The molecule has 0 aliphatic heterocycles. The number of amides is 2. The number of benzene rings is 2. The van der Waals surface area contributed by atoms with Gasteiger partial charge in [-0.25, -0.2) is 4.39 Å². The molecule has 0 radical (unpaired) electrons. The van der Waals surface area contributed by atoms with Crippen LogP contribution >= 0.6 is 34.7 Å². The van der Waals surface area contributed by atoms with E-state index in [2.05, 4.69) is 20.8 Å². The van der Waals surface area contributed by atoms with Gasteiger partial charge in [-0.05, 0) is 30.3 Å². The van der Waals surface area contributed by atoms with Gasteiger partial charge in [0.25, 0.3) is 5.91 Å². The molecule has 0 atom stereocenters. The van der Waals surface area contributed by atoms with E-state index in [9.17, 15) is 27.2 Å². The number of nitrogens with one attached hydrogen (secondary N) is 2. The highest BCUT2D eigenvalue weighted by molar-refractivity contribution is 8.01. The topological polar surface area (TPSA) is 84.0 Å². The summed E-state index contributed by atoms with van der Waals surface area (Å²) in [6, 6.07) is 8.01. The molecule has 0 bridgehead atoms. The number of carbonyl (C=O) groups excluding carboxylic acids is 2. The van der Waals surface area contributed by atoms with Gasteiger partial charge in [-0.2, -0.15) is 13.2 Å². The molecule has 1 heterocycles. The molecule has 0 unspecified atom stereocenters. The maximum absolute atomic E-state index is 13.6. The van der Waals surface area contributed by atoms with Crippen LogP contribution in [0, 0.1) is 5.82 Å². The minimum absolute atomic E-state index is 0.0413. The Kier molecular flexibility index (Phi) is 7.13. The zero-order valence-electron chi connectivity index (χ0n) is 15.2. The summed E-state index contributed by atoms with van der Waals surface area (Å²) in [5.74, 6) is -2.20. The normalized spacial score (nSPS) is 11.3. The second-order valence-corrected chi connectivity index (χ2v) is 8.44. The van der Waals surface area contributed by atoms with E-state index in [0.717, 1.165) is 47.4 Å². The number of thioether (sulfide) groups is 1. The van der Waals surface area contributed by atoms with E-state index in [1.165, 1.54) is 18.2 Å². The summed E-state index contributed by atoms with van der Waals surface area (Å²) >= 11 is 7.75. The molecule has 1 aromatic heterocycles. The third kappa shape index (κ3) is 6.15. The third-order valence-electron chi connectivity index (χ3n) is 3.64. The SMILES string of the molecule is O=C(CSc1nnc(NC(=O)c2ccccc2F)s1)Nc1cc(C(F)(F)F)ccc1Cl. The first-order chi connectivity index (χ1) is 14.6. The lowest BCUT2D eigenvalue weighted by atomic mass is 10.2. The van der Waals surface area contributed by atoms with Crippen molar-refractivity contribution in [1.29, 1.82) is 0 Å². The standard InChI is InChI=1S/C18H11ClF4N4O2S2/c19-11-6-5-9(18(21,22)23)7-13(11)24-14(28)8-30-17-27-26-16(31-17)25-15(29)10-3-1-2-4-12(10)20/h1-7H,8H2,(H,24,28)(H,25,26,29). The lowest BCUT2D eigenvalue weighted by Crippen LogP contribution is -2.15. The van der Waals surface area contributed by atoms with Crippen LogP contribution in [0.4, 0.5) is 28.4 Å². The molecule has 162 valence electrons. The molecule has 2 N–H and O–H groups in total. The van der Waals surface area contributed by atoms with Crippen LogP contribution < -0.4 is 10.6 Å². The maximum Gasteiger partial charge on any atom is 0.416 e. The summed E-state index contributed by atoms with van der Waals surface area (Å²) in [5, 5.41) is 12.3. The van der Waals surface area contributed by atoms with Gasteiger partial charge in [0.15, 0.2) is 4.34 Å². The second-order valence-electron chi connectivity index (χ2n) is 5.84. The molecule has 6 nitrogen and oxygen atoms in total. The summed E-state index contributed by atoms with van der Waals surface area (Å²) < 4.78 is 52.4. The minimum atomic E-state index is -4.57. The predicted octanol–water partition coefficient (Wildman–Crippen LogP) is 5.33. The Bertz CT molecular complexity index is 1120. The molecule has 0 fully saturated rings. The fourth-order valence-corrected chi connectivity index (χ4v) is 3.95. The van der Waals surface area contributed by atoms with Crippen LogP contribution in [0.15, 0.2) is 46.8 Å². The Hall–Kier alpha value is -2.70. The van der Waals surface area contributed by atoms with Crippen molar-refractivity contribution in [2.24, 2.45) is 0 Å². The lowest BCUT2D eigenvalue weighted by Gasteiger charge is -2.11. The van der Waals surface area contributed by atoms with Crippen LogP contribution in [0.3, 0.4) is 0 Å². The van der Waals surface area contributed by atoms with Gasteiger partial charge in [0, 0.05) is 0 Å². The third-order valence-corrected chi connectivity index (χ3v) is 5.94. The molecule has 0 aliphatic carbocycles. The van der Waals surface area contributed by atoms with Gasteiger partial charge in [0.1, 0.15) is 5.82 Å². The van der Waals surface area contributed by atoms with Crippen molar-refractivity contribution in [2.45, 2.75) is 10.5 Å². The molecule has 0 aliphatic rings. The molecule has 0 saturated heterocycles. The van der Waals surface area contributed by atoms with E-state index in [1.807, 2.05) is 0 Å². The summed E-state index contributed by atoms with van der Waals surface area (Å²) in [6.45, 7) is 0. The Balaban J connectivity index is 1.57. The number of anilines is 2. The van der Waals surface area contributed by atoms with Gasteiger partial charge in [-0.1, -0.05) is 46.8 Å². The number of halogens is 5. The van der Waals surface area contributed by atoms with Crippen molar-refractivity contribution in [1.82, 2.24) is 10.2 Å². The van der Waals surface area contributed by atoms with E-state index < -0.39 is 29.4 Å². The fourth-order valence-electron chi connectivity index (χ4n) is 2.24. The van der Waals surface area contributed by atoms with Crippen LogP contribution in [-0.2, 0) is 11.0 Å². The number of carbonyl (C=O) groups is 2. The number of aromatic nitrogens is 2. The predicted molar refractivity (Wildman–Crippen MR) is 110 cm³/mol. The van der Waals surface area contributed by atoms with Crippen LogP contribution in [0.2, 0.25) is 5.02 Å². The van der Waals surface area contributed by atoms with Gasteiger partial charge >= 0.3 is 6.18 Å². The number of rotatable bonds is 6. The summed E-state index contributed by atoms with van der Waals surface area (Å²) in [4.78, 5) is 24.1.